The lowest BCUT2D eigenvalue weighted by atomic mass is 9.92. The van der Waals surface area contributed by atoms with Crippen LogP contribution < -0.4 is 5.32 Å². The SMILES string of the molecule is Cc1ncsc1CNC(=O)N1CCC(C(C)O)CC1. The van der Waals surface area contributed by atoms with Crippen molar-refractivity contribution in [3.8, 4) is 0 Å². The Kier molecular flexibility index (Phi) is 4.76. The predicted octanol–water partition coefficient (Wildman–Crippen LogP) is 1.75. The summed E-state index contributed by atoms with van der Waals surface area (Å²) in [4.78, 5) is 19.1. The van der Waals surface area contributed by atoms with Gasteiger partial charge in [0.1, 0.15) is 0 Å². The van der Waals surface area contributed by atoms with Gasteiger partial charge in [-0.25, -0.2) is 9.78 Å². The molecule has 1 atom stereocenters. The molecule has 6 heteroatoms. The van der Waals surface area contributed by atoms with Gasteiger partial charge in [-0.2, -0.15) is 0 Å². The van der Waals surface area contributed by atoms with Crippen LogP contribution in [0.1, 0.15) is 30.3 Å². The van der Waals surface area contributed by atoms with Gasteiger partial charge < -0.3 is 15.3 Å². The molecule has 0 aliphatic carbocycles. The van der Waals surface area contributed by atoms with E-state index in [0.29, 0.717) is 12.5 Å². The van der Waals surface area contributed by atoms with Gasteiger partial charge in [0.2, 0.25) is 0 Å². The molecule has 1 fully saturated rings. The van der Waals surface area contributed by atoms with E-state index >= 15 is 0 Å². The van der Waals surface area contributed by atoms with Gasteiger partial charge in [0, 0.05) is 18.0 Å². The highest BCUT2D eigenvalue weighted by atomic mass is 32.1. The van der Waals surface area contributed by atoms with E-state index in [-0.39, 0.29) is 12.1 Å². The number of carbonyl (C=O) groups excluding carboxylic acids is 1. The van der Waals surface area contributed by atoms with Gasteiger partial charge in [-0.15, -0.1) is 11.3 Å². The van der Waals surface area contributed by atoms with Crippen LogP contribution in [0, 0.1) is 12.8 Å². The maximum atomic E-state index is 12.0. The molecule has 5 nitrogen and oxygen atoms in total. The summed E-state index contributed by atoms with van der Waals surface area (Å²) in [6, 6.07) is -0.0168. The number of amides is 2. The Hall–Kier alpha value is -1.14. The Morgan fingerprint density at radius 3 is 2.84 bits per heavy atom. The molecule has 0 spiro atoms. The third-order valence-electron chi connectivity index (χ3n) is 3.75. The normalized spacial score (nSPS) is 18.4. The van der Waals surface area contributed by atoms with Crippen LogP contribution in [0.4, 0.5) is 4.79 Å². The number of rotatable bonds is 3. The fraction of sp³-hybridized carbons (Fsp3) is 0.692. The van der Waals surface area contributed by atoms with E-state index in [1.54, 1.807) is 16.8 Å². The van der Waals surface area contributed by atoms with Crippen LogP contribution in [-0.4, -0.2) is 40.2 Å². The van der Waals surface area contributed by atoms with Crippen molar-refractivity contribution in [3.05, 3.63) is 16.1 Å². The Bertz CT molecular complexity index is 425. The second-order valence-corrected chi connectivity index (χ2v) is 6.02. The number of nitrogens with zero attached hydrogens (tertiary/aromatic N) is 2. The third kappa shape index (κ3) is 3.67. The summed E-state index contributed by atoms with van der Waals surface area (Å²) < 4.78 is 0. The van der Waals surface area contributed by atoms with E-state index in [1.165, 1.54) is 0 Å². The Morgan fingerprint density at radius 2 is 2.32 bits per heavy atom. The Balaban J connectivity index is 1.77. The fourth-order valence-electron chi connectivity index (χ4n) is 2.35. The highest BCUT2D eigenvalue weighted by Crippen LogP contribution is 2.20. The second kappa shape index (κ2) is 6.34. The molecule has 2 amide bonds. The molecule has 0 bridgehead atoms. The van der Waals surface area contributed by atoms with Crippen molar-refractivity contribution in [3.63, 3.8) is 0 Å². The monoisotopic (exact) mass is 283 g/mol. The Morgan fingerprint density at radius 1 is 1.63 bits per heavy atom. The Labute approximate surface area is 117 Å². The van der Waals surface area contributed by atoms with Crippen molar-refractivity contribution in [2.75, 3.05) is 13.1 Å². The van der Waals surface area contributed by atoms with Crippen LogP contribution >= 0.6 is 11.3 Å². The van der Waals surface area contributed by atoms with E-state index in [4.69, 9.17) is 0 Å². The molecular formula is C13H21N3O2S. The summed E-state index contributed by atoms with van der Waals surface area (Å²) in [5.41, 5.74) is 2.78. The standard InChI is InChI=1S/C13H21N3O2S/c1-9-12(19-8-15-9)7-14-13(18)16-5-3-11(4-6-16)10(2)17/h8,10-11,17H,3-7H2,1-2H3,(H,14,18). The summed E-state index contributed by atoms with van der Waals surface area (Å²) in [6.07, 6.45) is 1.49. The minimum atomic E-state index is -0.273. The highest BCUT2D eigenvalue weighted by Gasteiger charge is 2.25. The molecule has 2 N–H and O–H groups in total. The number of carbonyl (C=O) groups is 1. The number of aryl methyl sites for hydroxylation is 1. The molecule has 106 valence electrons. The molecule has 2 heterocycles. The minimum absolute atomic E-state index is 0.0168. The molecule has 1 saturated heterocycles. The van der Waals surface area contributed by atoms with Gasteiger partial charge in [-0.1, -0.05) is 0 Å². The first-order valence-corrected chi connectivity index (χ1v) is 7.55. The number of thiazole rings is 1. The molecule has 1 aliphatic rings. The van der Waals surface area contributed by atoms with Crippen molar-refractivity contribution >= 4 is 17.4 Å². The van der Waals surface area contributed by atoms with Crippen LogP contribution in [0.15, 0.2) is 5.51 Å². The van der Waals surface area contributed by atoms with Crippen molar-refractivity contribution < 1.29 is 9.90 Å². The zero-order chi connectivity index (χ0) is 13.8. The molecule has 19 heavy (non-hydrogen) atoms. The summed E-state index contributed by atoms with van der Waals surface area (Å²) in [5.74, 6) is 0.327. The van der Waals surface area contributed by atoms with Crippen molar-refractivity contribution in [1.82, 2.24) is 15.2 Å². The molecule has 1 aromatic heterocycles. The third-order valence-corrected chi connectivity index (χ3v) is 4.69. The van der Waals surface area contributed by atoms with Gasteiger partial charge in [0.15, 0.2) is 0 Å². The average Bonchev–Trinajstić information content (AvgIpc) is 2.81. The van der Waals surface area contributed by atoms with Gasteiger partial charge >= 0.3 is 6.03 Å². The number of hydrogen-bond acceptors (Lipinski definition) is 4. The van der Waals surface area contributed by atoms with Crippen LogP contribution in [0.5, 0.6) is 0 Å². The zero-order valence-corrected chi connectivity index (χ0v) is 12.2. The lowest BCUT2D eigenvalue weighted by Crippen LogP contribution is -2.45. The van der Waals surface area contributed by atoms with Crippen molar-refractivity contribution in [1.29, 1.82) is 0 Å². The first-order valence-electron chi connectivity index (χ1n) is 6.67. The summed E-state index contributed by atoms with van der Waals surface area (Å²) in [5, 5.41) is 12.5. The second-order valence-electron chi connectivity index (χ2n) is 5.08. The zero-order valence-electron chi connectivity index (χ0n) is 11.4. The number of nitrogens with one attached hydrogen (secondary N) is 1. The maximum absolute atomic E-state index is 12.0. The minimum Gasteiger partial charge on any atom is -0.393 e. The van der Waals surface area contributed by atoms with E-state index in [2.05, 4.69) is 10.3 Å². The number of aliphatic hydroxyl groups excluding tert-OH is 1. The number of likely N-dealkylation sites (tertiary alicyclic amines) is 1. The lowest BCUT2D eigenvalue weighted by Gasteiger charge is -2.33. The molecular weight excluding hydrogens is 262 g/mol. The molecule has 0 radical (unpaired) electrons. The first kappa shape index (κ1) is 14.3. The molecule has 1 aliphatic heterocycles. The van der Waals surface area contributed by atoms with Gasteiger partial charge in [0.05, 0.1) is 23.9 Å². The summed E-state index contributed by atoms with van der Waals surface area (Å²) >= 11 is 1.57. The quantitative estimate of drug-likeness (QED) is 0.888. The largest absolute Gasteiger partial charge is 0.393 e. The molecule has 1 unspecified atom stereocenters. The first-order chi connectivity index (χ1) is 9.08. The highest BCUT2D eigenvalue weighted by molar-refractivity contribution is 7.09. The van der Waals surface area contributed by atoms with E-state index in [0.717, 1.165) is 36.5 Å². The number of urea groups is 1. The topological polar surface area (TPSA) is 65.5 Å². The van der Waals surface area contributed by atoms with Crippen LogP contribution in [0.25, 0.3) is 0 Å². The number of piperidine rings is 1. The van der Waals surface area contributed by atoms with E-state index in [1.807, 2.05) is 18.7 Å². The molecule has 2 rings (SSSR count). The van der Waals surface area contributed by atoms with E-state index < -0.39 is 0 Å². The molecule has 0 aromatic carbocycles. The fourth-order valence-corrected chi connectivity index (χ4v) is 3.07. The predicted molar refractivity (Wildman–Crippen MR) is 75.1 cm³/mol. The maximum Gasteiger partial charge on any atom is 0.317 e. The summed E-state index contributed by atoms with van der Waals surface area (Å²) in [7, 11) is 0. The van der Waals surface area contributed by atoms with Crippen LogP contribution in [0.3, 0.4) is 0 Å². The van der Waals surface area contributed by atoms with Gasteiger partial charge in [-0.3, -0.25) is 0 Å². The van der Waals surface area contributed by atoms with Crippen molar-refractivity contribution in [2.45, 2.75) is 39.3 Å². The molecule has 1 aromatic rings. The molecule has 0 saturated carbocycles. The van der Waals surface area contributed by atoms with Crippen molar-refractivity contribution in [2.24, 2.45) is 5.92 Å². The number of aliphatic hydroxyl groups is 1. The number of aromatic nitrogens is 1. The van der Waals surface area contributed by atoms with Crippen LogP contribution in [-0.2, 0) is 6.54 Å². The average molecular weight is 283 g/mol. The van der Waals surface area contributed by atoms with Gasteiger partial charge in [-0.05, 0) is 32.6 Å². The van der Waals surface area contributed by atoms with E-state index in [9.17, 15) is 9.90 Å². The summed E-state index contributed by atoms with van der Waals surface area (Å²) in [6.45, 7) is 5.77. The van der Waals surface area contributed by atoms with Gasteiger partial charge in [0.25, 0.3) is 0 Å². The lowest BCUT2D eigenvalue weighted by molar-refractivity contribution is 0.0798. The van der Waals surface area contributed by atoms with Crippen LogP contribution in [0.2, 0.25) is 0 Å². The number of hydrogen-bond donors (Lipinski definition) is 2. The smallest absolute Gasteiger partial charge is 0.317 e.